The first-order valence-electron chi connectivity index (χ1n) is 9.38. The van der Waals surface area contributed by atoms with Gasteiger partial charge in [0.25, 0.3) is 5.91 Å². The Morgan fingerprint density at radius 3 is 2.78 bits per heavy atom. The Morgan fingerprint density at radius 2 is 1.93 bits per heavy atom. The molecule has 0 atom stereocenters. The molecule has 3 heterocycles. The standard InChI is InChI=1S/C21H21N3O2S/c25-21-20-15(4-3-6-17(20)23-10-12-26-13-11-23)14-24(21)9-8-19-22-16-5-1-2-7-18(16)27-19/h1-7H,8-14H2. The second kappa shape index (κ2) is 6.94. The van der Waals surface area contributed by atoms with Crippen LogP contribution in [-0.4, -0.2) is 48.6 Å². The van der Waals surface area contributed by atoms with E-state index in [2.05, 4.69) is 29.2 Å². The SMILES string of the molecule is O=C1c2c(cccc2N2CCOCC2)CN1CCc1nc2ccccc2s1. The second-order valence-corrected chi connectivity index (χ2v) is 8.08. The molecule has 2 aliphatic rings. The van der Waals surface area contributed by atoms with Crippen LogP contribution in [0.25, 0.3) is 10.2 Å². The second-order valence-electron chi connectivity index (χ2n) is 6.96. The van der Waals surface area contributed by atoms with E-state index >= 15 is 0 Å². The van der Waals surface area contributed by atoms with Crippen molar-refractivity contribution >= 4 is 33.1 Å². The van der Waals surface area contributed by atoms with Crippen molar-refractivity contribution in [3.05, 3.63) is 58.6 Å². The van der Waals surface area contributed by atoms with Gasteiger partial charge in [-0.25, -0.2) is 4.98 Å². The maximum Gasteiger partial charge on any atom is 0.256 e. The van der Waals surface area contributed by atoms with Gasteiger partial charge in [0.2, 0.25) is 0 Å². The number of benzene rings is 2. The molecule has 0 bridgehead atoms. The van der Waals surface area contributed by atoms with E-state index in [1.807, 2.05) is 23.1 Å². The first kappa shape index (κ1) is 16.7. The molecular formula is C21H21N3O2S. The number of para-hydroxylation sites is 1. The number of amides is 1. The Morgan fingerprint density at radius 1 is 1.07 bits per heavy atom. The Hall–Kier alpha value is -2.44. The van der Waals surface area contributed by atoms with Crippen molar-refractivity contribution in [2.45, 2.75) is 13.0 Å². The summed E-state index contributed by atoms with van der Waals surface area (Å²) in [6.07, 6.45) is 0.798. The molecule has 2 aliphatic heterocycles. The normalized spacial score (nSPS) is 17.0. The zero-order chi connectivity index (χ0) is 18.2. The summed E-state index contributed by atoms with van der Waals surface area (Å²) in [6.45, 7) is 4.52. The number of hydrogen-bond donors (Lipinski definition) is 0. The van der Waals surface area contributed by atoms with Gasteiger partial charge in [0.15, 0.2) is 0 Å². The molecular weight excluding hydrogens is 358 g/mol. The van der Waals surface area contributed by atoms with Gasteiger partial charge in [0, 0.05) is 32.6 Å². The molecule has 6 heteroatoms. The minimum atomic E-state index is 0.146. The number of aromatic nitrogens is 1. The third-order valence-electron chi connectivity index (χ3n) is 5.28. The maximum atomic E-state index is 13.1. The number of rotatable bonds is 4. The van der Waals surface area contributed by atoms with Gasteiger partial charge in [0.05, 0.1) is 39.7 Å². The van der Waals surface area contributed by atoms with Crippen LogP contribution in [0.3, 0.4) is 0 Å². The largest absolute Gasteiger partial charge is 0.378 e. The first-order valence-corrected chi connectivity index (χ1v) is 10.2. The van der Waals surface area contributed by atoms with E-state index in [1.165, 1.54) is 4.70 Å². The summed E-state index contributed by atoms with van der Waals surface area (Å²) in [7, 11) is 0. The number of ether oxygens (including phenoxy) is 1. The summed E-state index contributed by atoms with van der Waals surface area (Å²) in [5.74, 6) is 0.146. The molecule has 0 spiro atoms. The van der Waals surface area contributed by atoms with Crippen LogP contribution in [0.15, 0.2) is 42.5 Å². The van der Waals surface area contributed by atoms with E-state index < -0.39 is 0 Å². The van der Waals surface area contributed by atoms with E-state index in [-0.39, 0.29) is 5.91 Å². The number of carbonyl (C=O) groups is 1. The highest BCUT2D eigenvalue weighted by Crippen LogP contribution is 2.32. The van der Waals surface area contributed by atoms with Gasteiger partial charge < -0.3 is 14.5 Å². The Balaban J connectivity index is 1.34. The topological polar surface area (TPSA) is 45.7 Å². The van der Waals surface area contributed by atoms with E-state index in [4.69, 9.17) is 9.72 Å². The third kappa shape index (κ3) is 3.09. The van der Waals surface area contributed by atoms with Gasteiger partial charge in [-0.2, -0.15) is 0 Å². The lowest BCUT2D eigenvalue weighted by Crippen LogP contribution is -2.37. The minimum Gasteiger partial charge on any atom is -0.378 e. The molecule has 5 nitrogen and oxygen atoms in total. The lowest BCUT2D eigenvalue weighted by atomic mass is 10.1. The van der Waals surface area contributed by atoms with Crippen LogP contribution in [0.5, 0.6) is 0 Å². The summed E-state index contributed by atoms with van der Waals surface area (Å²) >= 11 is 1.72. The van der Waals surface area contributed by atoms with Crippen molar-refractivity contribution in [1.82, 2.24) is 9.88 Å². The van der Waals surface area contributed by atoms with Crippen LogP contribution in [-0.2, 0) is 17.7 Å². The van der Waals surface area contributed by atoms with Gasteiger partial charge >= 0.3 is 0 Å². The van der Waals surface area contributed by atoms with Crippen LogP contribution in [0.2, 0.25) is 0 Å². The number of nitrogens with zero attached hydrogens (tertiary/aromatic N) is 3. The van der Waals surface area contributed by atoms with E-state index in [0.717, 1.165) is 60.1 Å². The molecule has 0 N–H and O–H groups in total. The quantitative estimate of drug-likeness (QED) is 0.698. The molecule has 5 rings (SSSR count). The zero-order valence-corrected chi connectivity index (χ0v) is 15.9. The average molecular weight is 379 g/mol. The van der Waals surface area contributed by atoms with Crippen LogP contribution in [0.4, 0.5) is 5.69 Å². The van der Waals surface area contributed by atoms with E-state index in [9.17, 15) is 4.79 Å². The summed E-state index contributed by atoms with van der Waals surface area (Å²) in [5.41, 5.74) is 4.11. The van der Waals surface area contributed by atoms with Gasteiger partial charge in [-0.3, -0.25) is 4.79 Å². The smallest absolute Gasteiger partial charge is 0.256 e. The van der Waals surface area contributed by atoms with Crippen LogP contribution in [0.1, 0.15) is 20.9 Å². The molecule has 0 unspecified atom stereocenters. The van der Waals surface area contributed by atoms with Gasteiger partial charge in [-0.05, 0) is 23.8 Å². The number of carbonyl (C=O) groups excluding carboxylic acids is 1. The molecule has 0 saturated carbocycles. The summed E-state index contributed by atoms with van der Waals surface area (Å²) in [4.78, 5) is 22.0. The molecule has 1 aromatic heterocycles. The average Bonchev–Trinajstić information content (AvgIpc) is 3.27. The summed E-state index contributed by atoms with van der Waals surface area (Å²) in [5, 5.41) is 1.09. The van der Waals surface area contributed by atoms with Crippen LogP contribution >= 0.6 is 11.3 Å². The predicted octanol–water partition coefficient (Wildman–Crippen LogP) is 3.33. The Kier molecular flexibility index (Phi) is 4.30. The van der Waals surface area contributed by atoms with E-state index in [0.29, 0.717) is 13.1 Å². The molecule has 0 radical (unpaired) electrons. The molecule has 3 aromatic rings. The fraction of sp³-hybridized carbons (Fsp3) is 0.333. The summed E-state index contributed by atoms with van der Waals surface area (Å²) in [6, 6.07) is 14.4. The lowest BCUT2D eigenvalue weighted by molar-refractivity contribution is 0.0780. The first-order chi connectivity index (χ1) is 13.3. The molecule has 2 aromatic carbocycles. The van der Waals surface area contributed by atoms with Gasteiger partial charge in [-0.1, -0.05) is 24.3 Å². The van der Waals surface area contributed by atoms with Crippen molar-refractivity contribution < 1.29 is 9.53 Å². The molecule has 0 aliphatic carbocycles. The van der Waals surface area contributed by atoms with Gasteiger partial charge in [-0.15, -0.1) is 11.3 Å². The van der Waals surface area contributed by atoms with Crippen molar-refractivity contribution in [2.75, 3.05) is 37.7 Å². The number of anilines is 1. The van der Waals surface area contributed by atoms with Crippen molar-refractivity contribution in [2.24, 2.45) is 0 Å². The number of hydrogen-bond acceptors (Lipinski definition) is 5. The highest BCUT2D eigenvalue weighted by Gasteiger charge is 2.31. The van der Waals surface area contributed by atoms with Gasteiger partial charge in [0.1, 0.15) is 0 Å². The number of thiazole rings is 1. The lowest BCUT2D eigenvalue weighted by Gasteiger charge is -2.30. The highest BCUT2D eigenvalue weighted by atomic mass is 32.1. The van der Waals surface area contributed by atoms with E-state index in [1.54, 1.807) is 11.3 Å². The molecule has 27 heavy (non-hydrogen) atoms. The number of morpholine rings is 1. The Labute approximate surface area is 162 Å². The molecule has 1 fully saturated rings. The molecule has 1 amide bonds. The maximum absolute atomic E-state index is 13.1. The van der Waals surface area contributed by atoms with Crippen molar-refractivity contribution in [3.8, 4) is 0 Å². The predicted molar refractivity (Wildman–Crippen MR) is 108 cm³/mol. The number of fused-ring (bicyclic) bond motifs is 2. The zero-order valence-electron chi connectivity index (χ0n) is 15.1. The van der Waals surface area contributed by atoms with Crippen molar-refractivity contribution in [1.29, 1.82) is 0 Å². The van der Waals surface area contributed by atoms with Crippen LogP contribution in [0, 0.1) is 0 Å². The molecule has 1 saturated heterocycles. The van der Waals surface area contributed by atoms with Crippen LogP contribution < -0.4 is 4.90 Å². The summed E-state index contributed by atoms with van der Waals surface area (Å²) < 4.78 is 6.66. The fourth-order valence-corrected chi connectivity index (χ4v) is 4.86. The monoisotopic (exact) mass is 379 g/mol. The minimum absolute atomic E-state index is 0.146. The third-order valence-corrected chi connectivity index (χ3v) is 6.37. The Bertz CT molecular complexity index is 961. The van der Waals surface area contributed by atoms with Crippen molar-refractivity contribution in [3.63, 3.8) is 0 Å². The highest BCUT2D eigenvalue weighted by molar-refractivity contribution is 7.18. The fourth-order valence-electron chi connectivity index (χ4n) is 3.91. The molecule has 138 valence electrons.